The summed E-state index contributed by atoms with van der Waals surface area (Å²) in [5, 5.41) is 5.28. The molecular formula is C30H35ClN4O2. The Hall–Kier alpha value is -2.83. The number of aryl methyl sites for hydroxylation is 2. The van der Waals surface area contributed by atoms with Crippen molar-refractivity contribution in [3.05, 3.63) is 47.1 Å². The van der Waals surface area contributed by atoms with Crippen molar-refractivity contribution in [2.75, 3.05) is 20.2 Å². The summed E-state index contributed by atoms with van der Waals surface area (Å²) in [5.41, 5.74) is 4.95. The fraction of sp³-hybridized carbons (Fsp3) is 0.467. The molecule has 7 heteroatoms. The number of piperidine rings is 1. The molecule has 4 aromatic rings. The van der Waals surface area contributed by atoms with Gasteiger partial charge in [0.2, 0.25) is 0 Å². The van der Waals surface area contributed by atoms with Gasteiger partial charge in [0, 0.05) is 22.5 Å². The number of hydrogen-bond donors (Lipinski definition) is 1. The van der Waals surface area contributed by atoms with Gasteiger partial charge in [0.25, 0.3) is 0 Å². The Bertz CT molecular complexity index is 1420. The molecule has 0 bridgehead atoms. The number of nitrogens with zero attached hydrogens (tertiary/aromatic N) is 3. The smallest absolute Gasteiger partial charge is 0.162 e. The van der Waals surface area contributed by atoms with E-state index in [-0.39, 0.29) is 6.10 Å². The number of pyridine rings is 1. The van der Waals surface area contributed by atoms with Crippen LogP contribution in [0.25, 0.3) is 33.3 Å². The molecule has 1 saturated heterocycles. The van der Waals surface area contributed by atoms with Crippen molar-refractivity contribution in [1.82, 2.24) is 19.9 Å². The average Bonchev–Trinajstić information content (AvgIpc) is 3.56. The SMILES string of the molecule is COc1ccc(-c2nc3c(C)nc4cc(Cl)ccc4c3n2CCC2CCNCC2)cc1OC1CCCC1. The molecule has 1 saturated carbocycles. The van der Waals surface area contributed by atoms with E-state index >= 15 is 0 Å². The molecule has 1 aliphatic carbocycles. The first kappa shape index (κ1) is 24.5. The van der Waals surface area contributed by atoms with E-state index in [0.717, 1.165) is 89.4 Å². The van der Waals surface area contributed by atoms with Crippen molar-refractivity contribution in [2.24, 2.45) is 5.92 Å². The molecule has 6 rings (SSSR count). The molecule has 2 fully saturated rings. The number of nitrogens with one attached hydrogen (secondary N) is 1. The van der Waals surface area contributed by atoms with Crippen LogP contribution in [0.3, 0.4) is 0 Å². The predicted octanol–water partition coefficient (Wildman–Crippen LogP) is 6.93. The van der Waals surface area contributed by atoms with Gasteiger partial charge in [0.05, 0.1) is 29.9 Å². The quantitative estimate of drug-likeness (QED) is 0.287. The molecule has 0 radical (unpaired) electrons. The van der Waals surface area contributed by atoms with Gasteiger partial charge in [0.1, 0.15) is 11.3 Å². The zero-order valence-corrected chi connectivity index (χ0v) is 22.5. The molecule has 6 nitrogen and oxygen atoms in total. The summed E-state index contributed by atoms with van der Waals surface area (Å²) in [6.45, 7) is 5.15. The van der Waals surface area contributed by atoms with Crippen LogP contribution in [-0.2, 0) is 6.54 Å². The van der Waals surface area contributed by atoms with Gasteiger partial charge in [-0.3, -0.25) is 4.98 Å². The lowest BCUT2D eigenvalue weighted by atomic mass is 9.94. The Morgan fingerprint density at radius 3 is 2.59 bits per heavy atom. The van der Waals surface area contributed by atoms with Crippen LogP contribution in [0, 0.1) is 12.8 Å². The molecule has 194 valence electrons. The maximum absolute atomic E-state index is 6.44. The summed E-state index contributed by atoms with van der Waals surface area (Å²) >= 11 is 6.35. The Morgan fingerprint density at radius 2 is 1.81 bits per heavy atom. The second kappa shape index (κ2) is 10.5. The Balaban J connectivity index is 1.49. The maximum atomic E-state index is 6.44. The highest BCUT2D eigenvalue weighted by molar-refractivity contribution is 6.31. The van der Waals surface area contributed by atoms with E-state index in [2.05, 4.69) is 28.1 Å². The van der Waals surface area contributed by atoms with Gasteiger partial charge in [-0.05, 0) is 107 Å². The first-order valence-corrected chi connectivity index (χ1v) is 14.0. The third-order valence-corrected chi connectivity index (χ3v) is 8.29. The second-order valence-corrected chi connectivity index (χ2v) is 11.0. The van der Waals surface area contributed by atoms with Crippen molar-refractivity contribution < 1.29 is 9.47 Å². The van der Waals surface area contributed by atoms with Crippen LogP contribution in [0.2, 0.25) is 5.02 Å². The summed E-state index contributed by atoms with van der Waals surface area (Å²) in [4.78, 5) is 10.1. The molecule has 3 heterocycles. The van der Waals surface area contributed by atoms with Gasteiger partial charge in [-0.1, -0.05) is 11.6 Å². The van der Waals surface area contributed by atoms with Crippen molar-refractivity contribution >= 4 is 33.5 Å². The van der Waals surface area contributed by atoms with Crippen LogP contribution in [0.5, 0.6) is 11.5 Å². The number of aromatic nitrogens is 3. The van der Waals surface area contributed by atoms with Gasteiger partial charge >= 0.3 is 0 Å². The van der Waals surface area contributed by atoms with E-state index in [1.165, 1.54) is 25.7 Å². The normalized spacial score (nSPS) is 17.2. The zero-order valence-electron chi connectivity index (χ0n) is 21.7. The average molecular weight is 519 g/mol. The highest BCUT2D eigenvalue weighted by Crippen LogP contribution is 2.38. The van der Waals surface area contributed by atoms with Gasteiger partial charge in [-0.15, -0.1) is 0 Å². The molecule has 37 heavy (non-hydrogen) atoms. The van der Waals surface area contributed by atoms with E-state index in [9.17, 15) is 0 Å². The third-order valence-electron chi connectivity index (χ3n) is 8.05. The van der Waals surface area contributed by atoms with Crippen LogP contribution >= 0.6 is 11.6 Å². The summed E-state index contributed by atoms with van der Waals surface area (Å²) in [6.07, 6.45) is 8.47. The number of hydrogen-bond acceptors (Lipinski definition) is 5. The molecule has 0 spiro atoms. The van der Waals surface area contributed by atoms with E-state index in [1.807, 2.05) is 25.1 Å². The van der Waals surface area contributed by atoms with E-state index in [4.69, 9.17) is 31.0 Å². The molecule has 1 aliphatic heterocycles. The number of ether oxygens (including phenoxy) is 2. The molecule has 1 N–H and O–H groups in total. The van der Waals surface area contributed by atoms with Gasteiger partial charge in [-0.2, -0.15) is 0 Å². The number of fused-ring (bicyclic) bond motifs is 3. The van der Waals surface area contributed by atoms with Crippen LogP contribution in [0.1, 0.15) is 50.6 Å². The third kappa shape index (κ3) is 4.89. The van der Waals surface area contributed by atoms with Gasteiger partial charge in [0.15, 0.2) is 11.5 Å². The van der Waals surface area contributed by atoms with Crippen molar-refractivity contribution in [1.29, 1.82) is 0 Å². The lowest BCUT2D eigenvalue weighted by Crippen LogP contribution is -2.28. The number of halogens is 1. The molecule has 2 aromatic heterocycles. The van der Waals surface area contributed by atoms with Crippen molar-refractivity contribution in [3.63, 3.8) is 0 Å². The van der Waals surface area contributed by atoms with E-state index in [1.54, 1.807) is 7.11 Å². The first-order valence-electron chi connectivity index (χ1n) is 13.6. The van der Waals surface area contributed by atoms with Crippen molar-refractivity contribution in [3.8, 4) is 22.9 Å². The monoisotopic (exact) mass is 518 g/mol. The molecule has 2 aliphatic rings. The maximum Gasteiger partial charge on any atom is 0.162 e. The molecule has 0 atom stereocenters. The van der Waals surface area contributed by atoms with Crippen molar-refractivity contribution in [2.45, 2.75) is 64.5 Å². The molecule has 0 amide bonds. The number of methoxy groups -OCH3 is 1. The Labute approximate surface area is 223 Å². The predicted molar refractivity (Wildman–Crippen MR) is 150 cm³/mol. The fourth-order valence-corrected chi connectivity index (χ4v) is 6.19. The lowest BCUT2D eigenvalue weighted by Gasteiger charge is -2.23. The highest BCUT2D eigenvalue weighted by atomic mass is 35.5. The van der Waals surface area contributed by atoms with Gasteiger partial charge < -0.3 is 19.4 Å². The van der Waals surface area contributed by atoms with Crippen LogP contribution in [-0.4, -0.2) is 40.8 Å². The summed E-state index contributed by atoms with van der Waals surface area (Å²) < 4.78 is 14.5. The number of imidazole rings is 1. The Morgan fingerprint density at radius 1 is 1.00 bits per heavy atom. The minimum atomic E-state index is 0.253. The topological polar surface area (TPSA) is 61.2 Å². The van der Waals surface area contributed by atoms with E-state index < -0.39 is 0 Å². The number of rotatable bonds is 7. The first-order chi connectivity index (χ1) is 18.1. The van der Waals surface area contributed by atoms with E-state index in [0.29, 0.717) is 10.9 Å². The minimum Gasteiger partial charge on any atom is -0.493 e. The molecular weight excluding hydrogens is 484 g/mol. The Kier molecular flexibility index (Phi) is 6.96. The minimum absolute atomic E-state index is 0.253. The van der Waals surface area contributed by atoms with Gasteiger partial charge in [-0.25, -0.2) is 4.98 Å². The van der Waals surface area contributed by atoms with Crippen LogP contribution in [0.4, 0.5) is 0 Å². The summed E-state index contributed by atoms with van der Waals surface area (Å²) in [6, 6.07) is 12.2. The molecule has 0 unspecified atom stereocenters. The lowest BCUT2D eigenvalue weighted by molar-refractivity contribution is 0.201. The standard InChI is InChI=1S/C30H35ClN4O2/c1-19-28-29(24-9-8-22(31)18-25(24)33-19)35(16-13-20-11-14-32-15-12-20)30(34-28)21-7-10-26(36-2)27(17-21)37-23-5-3-4-6-23/h7-10,17-18,20,23,32H,3-6,11-16H2,1-2H3. The van der Waals surface area contributed by atoms with Crippen LogP contribution in [0.15, 0.2) is 36.4 Å². The van der Waals surface area contributed by atoms with Crippen LogP contribution < -0.4 is 14.8 Å². The second-order valence-electron chi connectivity index (χ2n) is 10.5. The fourth-order valence-electron chi connectivity index (χ4n) is 6.02. The largest absolute Gasteiger partial charge is 0.493 e. The summed E-state index contributed by atoms with van der Waals surface area (Å²) in [7, 11) is 1.71. The summed E-state index contributed by atoms with van der Waals surface area (Å²) in [5.74, 6) is 3.24. The number of benzene rings is 2. The molecule has 2 aromatic carbocycles. The highest BCUT2D eigenvalue weighted by Gasteiger charge is 2.23. The zero-order chi connectivity index (χ0) is 25.4.